The lowest BCUT2D eigenvalue weighted by molar-refractivity contribution is -0.145. The Bertz CT molecular complexity index is 139. The molecule has 4 heteroatoms. The molecule has 0 aromatic carbocycles. The first-order valence-electron chi connectivity index (χ1n) is 4.60. The molecule has 0 heterocycles. The number of alkyl halides is 1. The van der Waals surface area contributed by atoms with E-state index < -0.39 is 6.10 Å². The molecule has 0 saturated carbocycles. The van der Waals surface area contributed by atoms with E-state index in [0.29, 0.717) is 6.61 Å². The molecule has 3 nitrogen and oxygen atoms in total. The number of carbonyl (C=O) groups is 1. The SMILES string of the molecule is CCCCCOC(=O)CC(O)CCl. The minimum absolute atomic E-state index is 0.00434. The van der Waals surface area contributed by atoms with E-state index in [1.165, 1.54) is 0 Å². The van der Waals surface area contributed by atoms with Crippen LogP contribution in [0.15, 0.2) is 0 Å². The molecule has 0 bridgehead atoms. The Labute approximate surface area is 84.0 Å². The Balaban J connectivity index is 3.30. The summed E-state index contributed by atoms with van der Waals surface area (Å²) in [5, 5.41) is 9.00. The summed E-state index contributed by atoms with van der Waals surface area (Å²) in [6, 6.07) is 0. The lowest BCUT2D eigenvalue weighted by Gasteiger charge is -2.06. The molecule has 0 amide bonds. The molecule has 0 aliphatic heterocycles. The van der Waals surface area contributed by atoms with Gasteiger partial charge in [-0.3, -0.25) is 4.79 Å². The first-order chi connectivity index (χ1) is 6.20. The van der Waals surface area contributed by atoms with Crippen molar-refractivity contribution in [3.05, 3.63) is 0 Å². The van der Waals surface area contributed by atoms with Crippen molar-refractivity contribution in [2.24, 2.45) is 0 Å². The van der Waals surface area contributed by atoms with Crippen LogP contribution in [0.4, 0.5) is 0 Å². The van der Waals surface area contributed by atoms with Gasteiger partial charge in [0.1, 0.15) is 0 Å². The largest absolute Gasteiger partial charge is 0.466 e. The van der Waals surface area contributed by atoms with Crippen LogP contribution < -0.4 is 0 Å². The van der Waals surface area contributed by atoms with Crippen molar-refractivity contribution < 1.29 is 14.6 Å². The predicted octanol–water partition coefficient (Wildman–Crippen LogP) is 1.71. The molecule has 0 spiro atoms. The number of halogens is 1. The van der Waals surface area contributed by atoms with Crippen LogP contribution in [0.5, 0.6) is 0 Å². The molecule has 78 valence electrons. The number of aliphatic hydroxyl groups excluding tert-OH is 1. The summed E-state index contributed by atoms with van der Waals surface area (Å²) in [5.41, 5.74) is 0. The zero-order valence-corrected chi connectivity index (χ0v) is 8.72. The molecule has 0 aromatic heterocycles. The van der Waals surface area contributed by atoms with E-state index in [9.17, 15) is 4.79 Å². The highest BCUT2D eigenvalue weighted by molar-refractivity contribution is 6.18. The number of hydrogen-bond acceptors (Lipinski definition) is 3. The number of aliphatic hydroxyl groups is 1. The molecule has 0 aromatic rings. The fourth-order valence-corrected chi connectivity index (χ4v) is 0.953. The van der Waals surface area contributed by atoms with E-state index in [-0.39, 0.29) is 18.3 Å². The molecule has 0 aliphatic carbocycles. The minimum Gasteiger partial charge on any atom is -0.466 e. The highest BCUT2D eigenvalue weighted by atomic mass is 35.5. The molecule has 0 rings (SSSR count). The quantitative estimate of drug-likeness (QED) is 0.394. The molecular formula is C9H17ClO3. The molecule has 0 radical (unpaired) electrons. The van der Waals surface area contributed by atoms with Gasteiger partial charge in [-0.2, -0.15) is 0 Å². The van der Waals surface area contributed by atoms with Crippen LogP contribution in [0.2, 0.25) is 0 Å². The predicted molar refractivity (Wildman–Crippen MR) is 51.8 cm³/mol. The van der Waals surface area contributed by atoms with E-state index >= 15 is 0 Å². The van der Waals surface area contributed by atoms with Crippen LogP contribution in [0, 0.1) is 0 Å². The average molecular weight is 209 g/mol. The lowest BCUT2D eigenvalue weighted by Crippen LogP contribution is -2.17. The Morgan fingerprint density at radius 3 is 2.77 bits per heavy atom. The van der Waals surface area contributed by atoms with Crippen molar-refractivity contribution >= 4 is 17.6 Å². The summed E-state index contributed by atoms with van der Waals surface area (Å²) < 4.78 is 4.86. The van der Waals surface area contributed by atoms with E-state index in [2.05, 4.69) is 6.92 Å². The molecule has 1 unspecified atom stereocenters. The molecule has 0 saturated heterocycles. The van der Waals surface area contributed by atoms with Crippen molar-refractivity contribution in [2.45, 2.75) is 38.7 Å². The van der Waals surface area contributed by atoms with Gasteiger partial charge in [0.05, 0.1) is 19.1 Å². The molecule has 0 fully saturated rings. The van der Waals surface area contributed by atoms with Crippen LogP contribution >= 0.6 is 11.6 Å². The van der Waals surface area contributed by atoms with Gasteiger partial charge in [-0.05, 0) is 6.42 Å². The molecule has 1 atom stereocenters. The summed E-state index contributed by atoms with van der Waals surface area (Å²) in [4.78, 5) is 10.9. The van der Waals surface area contributed by atoms with Gasteiger partial charge in [0.2, 0.25) is 0 Å². The molecular weight excluding hydrogens is 192 g/mol. The molecule has 1 N–H and O–H groups in total. The Hall–Kier alpha value is -0.280. The van der Waals surface area contributed by atoms with Crippen molar-refractivity contribution in [2.75, 3.05) is 12.5 Å². The summed E-state index contributed by atoms with van der Waals surface area (Å²) in [5.74, 6) is -0.298. The second-order valence-corrected chi connectivity index (χ2v) is 3.25. The Morgan fingerprint density at radius 2 is 2.23 bits per heavy atom. The van der Waals surface area contributed by atoms with Gasteiger partial charge < -0.3 is 9.84 Å². The van der Waals surface area contributed by atoms with Crippen molar-refractivity contribution in [3.8, 4) is 0 Å². The fourth-order valence-electron chi connectivity index (χ4n) is 0.844. The minimum atomic E-state index is -0.777. The highest BCUT2D eigenvalue weighted by Gasteiger charge is 2.09. The van der Waals surface area contributed by atoms with E-state index in [1.807, 2.05) is 0 Å². The maximum absolute atomic E-state index is 10.9. The maximum Gasteiger partial charge on any atom is 0.308 e. The number of carbonyl (C=O) groups excluding carboxylic acids is 1. The number of rotatable bonds is 7. The molecule has 13 heavy (non-hydrogen) atoms. The second kappa shape index (κ2) is 8.32. The number of unbranched alkanes of at least 4 members (excludes halogenated alkanes) is 2. The Kier molecular flexibility index (Phi) is 8.14. The first kappa shape index (κ1) is 12.7. The van der Waals surface area contributed by atoms with Gasteiger partial charge in [0.15, 0.2) is 0 Å². The standard InChI is InChI=1S/C9H17ClO3/c1-2-3-4-5-13-9(12)6-8(11)7-10/h8,11H,2-7H2,1H3. The average Bonchev–Trinajstić information content (AvgIpc) is 2.12. The summed E-state index contributed by atoms with van der Waals surface area (Å²) >= 11 is 5.32. The van der Waals surface area contributed by atoms with Gasteiger partial charge in [-0.15, -0.1) is 11.6 Å². The number of esters is 1. The van der Waals surface area contributed by atoms with Crippen LogP contribution in [0.1, 0.15) is 32.6 Å². The van der Waals surface area contributed by atoms with Crippen molar-refractivity contribution in [1.82, 2.24) is 0 Å². The second-order valence-electron chi connectivity index (χ2n) is 2.94. The number of hydrogen-bond donors (Lipinski definition) is 1. The fraction of sp³-hybridized carbons (Fsp3) is 0.889. The number of ether oxygens (including phenoxy) is 1. The first-order valence-corrected chi connectivity index (χ1v) is 5.13. The van der Waals surface area contributed by atoms with Gasteiger partial charge in [0.25, 0.3) is 0 Å². The van der Waals surface area contributed by atoms with Crippen molar-refractivity contribution in [3.63, 3.8) is 0 Å². The van der Waals surface area contributed by atoms with Crippen LogP contribution in [0.25, 0.3) is 0 Å². The monoisotopic (exact) mass is 208 g/mol. The van der Waals surface area contributed by atoms with E-state index in [4.69, 9.17) is 21.4 Å². The normalized spacial score (nSPS) is 12.5. The third kappa shape index (κ3) is 8.06. The zero-order chi connectivity index (χ0) is 10.1. The maximum atomic E-state index is 10.9. The van der Waals surface area contributed by atoms with Crippen LogP contribution in [0.3, 0.4) is 0 Å². The van der Waals surface area contributed by atoms with Crippen LogP contribution in [-0.4, -0.2) is 29.7 Å². The van der Waals surface area contributed by atoms with E-state index in [1.54, 1.807) is 0 Å². The third-order valence-corrected chi connectivity index (χ3v) is 1.95. The summed E-state index contributed by atoms with van der Waals surface area (Å²) in [7, 11) is 0. The molecule has 0 aliphatic rings. The van der Waals surface area contributed by atoms with Gasteiger partial charge in [-0.25, -0.2) is 0 Å². The van der Waals surface area contributed by atoms with Crippen LogP contribution in [-0.2, 0) is 9.53 Å². The van der Waals surface area contributed by atoms with Crippen molar-refractivity contribution in [1.29, 1.82) is 0 Å². The van der Waals surface area contributed by atoms with Gasteiger partial charge in [0, 0.05) is 5.88 Å². The topological polar surface area (TPSA) is 46.5 Å². The third-order valence-electron chi connectivity index (χ3n) is 1.59. The zero-order valence-electron chi connectivity index (χ0n) is 7.96. The highest BCUT2D eigenvalue weighted by Crippen LogP contribution is 1.99. The Morgan fingerprint density at radius 1 is 1.54 bits per heavy atom. The van der Waals surface area contributed by atoms with Gasteiger partial charge in [-0.1, -0.05) is 19.8 Å². The lowest BCUT2D eigenvalue weighted by atomic mass is 10.2. The van der Waals surface area contributed by atoms with Gasteiger partial charge >= 0.3 is 5.97 Å². The van der Waals surface area contributed by atoms with E-state index in [0.717, 1.165) is 19.3 Å². The summed E-state index contributed by atoms with van der Waals surface area (Å²) in [6.45, 7) is 2.53. The smallest absolute Gasteiger partial charge is 0.308 e. The summed E-state index contributed by atoms with van der Waals surface area (Å²) in [6.07, 6.45) is 2.27.